The van der Waals surface area contributed by atoms with E-state index in [1.807, 2.05) is 7.05 Å². The zero-order valence-electron chi connectivity index (χ0n) is 4.65. The van der Waals surface area contributed by atoms with E-state index in [0.717, 1.165) is 18.9 Å². The molecule has 2 nitrogen and oxygen atoms in total. The van der Waals surface area contributed by atoms with Crippen molar-refractivity contribution in [2.24, 2.45) is 5.73 Å². The Morgan fingerprint density at radius 3 is 2.29 bits per heavy atom. The number of nitrogens with two attached hydrogens (primary N) is 1. The highest BCUT2D eigenvalue weighted by molar-refractivity contribution is 4.86. The third-order valence-electron chi connectivity index (χ3n) is 1.58. The maximum atomic E-state index is 5.50. The van der Waals surface area contributed by atoms with Crippen molar-refractivity contribution in [2.75, 3.05) is 7.05 Å². The summed E-state index contributed by atoms with van der Waals surface area (Å²) < 4.78 is 0. The van der Waals surface area contributed by atoms with Gasteiger partial charge >= 0.3 is 0 Å². The SMILES string of the molecule is CNC1CC(N)C1. The van der Waals surface area contributed by atoms with Crippen LogP contribution in [0.3, 0.4) is 0 Å². The molecular weight excluding hydrogens is 88.1 g/mol. The Balaban J connectivity index is 2.06. The van der Waals surface area contributed by atoms with Crippen LogP contribution in [-0.2, 0) is 0 Å². The molecule has 2 heteroatoms. The molecule has 0 spiro atoms. The van der Waals surface area contributed by atoms with Crippen LogP contribution in [0.25, 0.3) is 0 Å². The minimum Gasteiger partial charge on any atom is -0.328 e. The smallest absolute Gasteiger partial charge is 0.00935 e. The summed E-state index contributed by atoms with van der Waals surface area (Å²) >= 11 is 0. The maximum absolute atomic E-state index is 5.50. The van der Waals surface area contributed by atoms with Gasteiger partial charge < -0.3 is 11.1 Å². The number of rotatable bonds is 1. The van der Waals surface area contributed by atoms with Gasteiger partial charge in [0.2, 0.25) is 0 Å². The van der Waals surface area contributed by atoms with E-state index in [1.165, 1.54) is 0 Å². The summed E-state index contributed by atoms with van der Waals surface area (Å²) in [6.07, 6.45) is 2.33. The summed E-state index contributed by atoms with van der Waals surface area (Å²) in [6, 6.07) is 1.20. The summed E-state index contributed by atoms with van der Waals surface area (Å²) in [6.45, 7) is 0. The van der Waals surface area contributed by atoms with Crippen molar-refractivity contribution in [3.8, 4) is 0 Å². The van der Waals surface area contributed by atoms with Gasteiger partial charge in [-0.3, -0.25) is 0 Å². The van der Waals surface area contributed by atoms with E-state index in [9.17, 15) is 0 Å². The minimum atomic E-state index is 0.484. The molecule has 0 amide bonds. The lowest BCUT2D eigenvalue weighted by Gasteiger charge is -2.31. The highest BCUT2D eigenvalue weighted by Crippen LogP contribution is 2.15. The second-order valence-electron chi connectivity index (χ2n) is 2.22. The molecule has 0 bridgehead atoms. The van der Waals surface area contributed by atoms with E-state index in [2.05, 4.69) is 5.32 Å². The van der Waals surface area contributed by atoms with E-state index >= 15 is 0 Å². The highest BCUT2D eigenvalue weighted by Gasteiger charge is 2.23. The van der Waals surface area contributed by atoms with Crippen LogP contribution in [0.5, 0.6) is 0 Å². The van der Waals surface area contributed by atoms with Crippen molar-refractivity contribution in [3.05, 3.63) is 0 Å². The fourth-order valence-electron chi connectivity index (χ4n) is 0.898. The average molecular weight is 100 g/mol. The lowest BCUT2D eigenvalue weighted by atomic mass is 9.88. The van der Waals surface area contributed by atoms with Gasteiger partial charge in [-0.2, -0.15) is 0 Å². The molecule has 0 radical (unpaired) electrons. The molecule has 0 unspecified atom stereocenters. The molecule has 7 heavy (non-hydrogen) atoms. The second-order valence-corrected chi connectivity index (χ2v) is 2.22. The molecule has 0 aliphatic heterocycles. The predicted molar refractivity (Wildman–Crippen MR) is 30.1 cm³/mol. The van der Waals surface area contributed by atoms with E-state index in [0.29, 0.717) is 6.04 Å². The number of nitrogens with one attached hydrogen (secondary N) is 1. The highest BCUT2D eigenvalue weighted by atomic mass is 14.9. The average Bonchev–Trinajstić information content (AvgIpc) is 1.58. The fraction of sp³-hybridized carbons (Fsp3) is 1.00. The molecule has 1 fully saturated rings. The van der Waals surface area contributed by atoms with Crippen molar-refractivity contribution >= 4 is 0 Å². The molecule has 1 aliphatic rings. The summed E-state index contributed by atoms with van der Waals surface area (Å²) in [5.41, 5.74) is 5.50. The Hall–Kier alpha value is -0.0800. The van der Waals surface area contributed by atoms with Gasteiger partial charge in [-0.25, -0.2) is 0 Å². The van der Waals surface area contributed by atoms with Crippen LogP contribution in [0.1, 0.15) is 12.8 Å². The maximum Gasteiger partial charge on any atom is 0.00935 e. The molecule has 42 valence electrons. The Labute approximate surface area is 44.1 Å². The van der Waals surface area contributed by atoms with Crippen molar-refractivity contribution in [2.45, 2.75) is 24.9 Å². The third-order valence-corrected chi connectivity index (χ3v) is 1.58. The van der Waals surface area contributed by atoms with Crippen LogP contribution in [0.15, 0.2) is 0 Å². The zero-order chi connectivity index (χ0) is 5.28. The number of hydrogen-bond acceptors (Lipinski definition) is 2. The number of hydrogen-bond donors (Lipinski definition) is 2. The molecule has 1 aliphatic carbocycles. The molecule has 1 saturated carbocycles. The first-order chi connectivity index (χ1) is 3.33. The summed E-state index contributed by atoms with van der Waals surface area (Å²) in [4.78, 5) is 0. The van der Waals surface area contributed by atoms with Crippen molar-refractivity contribution in [3.63, 3.8) is 0 Å². The van der Waals surface area contributed by atoms with Gasteiger partial charge in [-0.05, 0) is 19.9 Å². The van der Waals surface area contributed by atoms with Crippen LogP contribution in [-0.4, -0.2) is 19.1 Å². The van der Waals surface area contributed by atoms with E-state index in [-0.39, 0.29) is 0 Å². The lowest BCUT2D eigenvalue weighted by molar-refractivity contribution is 0.308. The first-order valence-electron chi connectivity index (χ1n) is 2.76. The van der Waals surface area contributed by atoms with Crippen molar-refractivity contribution in [1.82, 2.24) is 5.32 Å². The first-order valence-corrected chi connectivity index (χ1v) is 2.76. The summed E-state index contributed by atoms with van der Waals surface area (Å²) in [5.74, 6) is 0. The van der Waals surface area contributed by atoms with Crippen LogP contribution in [0.2, 0.25) is 0 Å². The van der Waals surface area contributed by atoms with Gasteiger partial charge in [-0.1, -0.05) is 0 Å². The van der Waals surface area contributed by atoms with Crippen LogP contribution >= 0.6 is 0 Å². The molecule has 0 aromatic carbocycles. The van der Waals surface area contributed by atoms with Gasteiger partial charge in [0.15, 0.2) is 0 Å². The van der Waals surface area contributed by atoms with Gasteiger partial charge in [0.25, 0.3) is 0 Å². The standard InChI is InChI=1S/C5H12N2/c1-7-5-2-4(6)3-5/h4-5,7H,2-3,6H2,1H3. The summed E-state index contributed by atoms with van der Waals surface area (Å²) in [7, 11) is 1.98. The minimum absolute atomic E-state index is 0.484. The van der Waals surface area contributed by atoms with Crippen LogP contribution in [0, 0.1) is 0 Å². The third kappa shape index (κ3) is 0.924. The van der Waals surface area contributed by atoms with Gasteiger partial charge in [0.05, 0.1) is 0 Å². The Morgan fingerprint density at radius 2 is 2.14 bits per heavy atom. The van der Waals surface area contributed by atoms with Crippen molar-refractivity contribution < 1.29 is 0 Å². The Kier molecular flexibility index (Phi) is 1.30. The largest absolute Gasteiger partial charge is 0.328 e. The molecule has 0 heterocycles. The van der Waals surface area contributed by atoms with E-state index in [4.69, 9.17) is 5.73 Å². The molecule has 3 N–H and O–H groups in total. The van der Waals surface area contributed by atoms with Crippen LogP contribution < -0.4 is 11.1 Å². The Morgan fingerprint density at radius 1 is 1.57 bits per heavy atom. The van der Waals surface area contributed by atoms with Gasteiger partial charge in [-0.15, -0.1) is 0 Å². The van der Waals surface area contributed by atoms with E-state index < -0.39 is 0 Å². The van der Waals surface area contributed by atoms with Gasteiger partial charge in [0, 0.05) is 12.1 Å². The topological polar surface area (TPSA) is 38.0 Å². The second kappa shape index (κ2) is 1.80. The Bertz CT molecular complexity index is 57.1. The van der Waals surface area contributed by atoms with E-state index in [1.54, 1.807) is 0 Å². The zero-order valence-corrected chi connectivity index (χ0v) is 4.65. The quantitative estimate of drug-likeness (QED) is 0.474. The molecule has 0 atom stereocenters. The van der Waals surface area contributed by atoms with Crippen molar-refractivity contribution in [1.29, 1.82) is 0 Å². The molecular formula is C5H12N2. The fourth-order valence-corrected chi connectivity index (χ4v) is 0.898. The monoisotopic (exact) mass is 100 g/mol. The molecule has 1 rings (SSSR count). The first kappa shape index (κ1) is 5.06. The summed E-state index contributed by atoms with van der Waals surface area (Å²) in [5, 5.41) is 3.15. The van der Waals surface area contributed by atoms with Crippen LogP contribution in [0.4, 0.5) is 0 Å². The predicted octanol–water partition coefficient (Wildman–Crippen LogP) is -0.305. The van der Waals surface area contributed by atoms with Gasteiger partial charge in [0.1, 0.15) is 0 Å². The normalized spacial score (nSPS) is 40.3. The molecule has 0 aromatic rings. The molecule has 0 aromatic heterocycles. The lowest BCUT2D eigenvalue weighted by Crippen LogP contribution is -2.46. The molecule has 0 saturated heterocycles.